The lowest BCUT2D eigenvalue weighted by Crippen LogP contribution is -2.32. The molecule has 1 rings (SSSR count). The SMILES string of the molecule is C=CCC(C)Nc1ccc(CC(N)C(=O)O)cc1. The second-order valence-corrected chi connectivity index (χ2v) is 4.42. The third-order valence-electron chi connectivity index (χ3n) is 2.66. The predicted molar refractivity (Wildman–Crippen MR) is 73.7 cm³/mol. The van der Waals surface area contributed by atoms with Crippen LogP contribution in [0.25, 0.3) is 0 Å². The molecule has 0 fully saturated rings. The van der Waals surface area contributed by atoms with Crippen LogP contribution in [0.2, 0.25) is 0 Å². The number of anilines is 1. The smallest absolute Gasteiger partial charge is 0.320 e. The normalized spacial score (nSPS) is 13.7. The van der Waals surface area contributed by atoms with Gasteiger partial charge in [-0.1, -0.05) is 18.2 Å². The average molecular weight is 248 g/mol. The summed E-state index contributed by atoms with van der Waals surface area (Å²) >= 11 is 0. The Labute approximate surface area is 108 Å². The van der Waals surface area contributed by atoms with Crippen LogP contribution in [0.15, 0.2) is 36.9 Å². The molecule has 98 valence electrons. The maximum Gasteiger partial charge on any atom is 0.320 e. The van der Waals surface area contributed by atoms with E-state index in [2.05, 4.69) is 18.8 Å². The predicted octanol–water partition coefficient (Wildman–Crippen LogP) is 2.02. The molecule has 2 atom stereocenters. The maximum atomic E-state index is 10.6. The van der Waals surface area contributed by atoms with E-state index in [9.17, 15) is 4.79 Å². The van der Waals surface area contributed by atoms with Crippen molar-refractivity contribution in [3.05, 3.63) is 42.5 Å². The molecule has 4 N–H and O–H groups in total. The minimum atomic E-state index is -0.975. The number of benzene rings is 1. The molecular formula is C14H20N2O2. The molecule has 1 aromatic rings. The quantitative estimate of drug-likeness (QED) is 0.645. The lowest BCUT2D eigenvalue weighted by atomic mass is 10.1. The van der Waals surface area contributed by atoms with Gasteiger partial charge in [0.2, 0.25) is 0 Å². The Kier molecular flexibility index (Phi) is 5.39. The fourth-order valence-corrected chi connectivity index (χ4v) is 1.67. The van der Waals surface area contributed by atoms with Gasteiger partial charge in [0.15, 0.2) is 0 Å². The Morgan fingerprint density at radius 1 is 1.50 bits per heavy atom. The van der Waals surface area contributed by atoms with Gasteiger partial charge in [-0.15, -0.1) is 6.58 Å². The number of carboxylic acids is 1. The van der Waals surface area contributed by atoms with Gasteiger partial charge in [0.05, 0.1) is 0 Å². The third-order valence-corrected chi connectivity index (χ3v) is 2.66. The van der Waals surface area contributed by atoms with Crippen LogP contribution in [0.3, 0.4) is 0 Å². The Bertz CT molecular complexity index is 401. The molecule has 0 aliphatic heterocycles. The van der Waals surface area contributed by atoms with Gasteiger partial charge in [-0.25, -0.2) is 0 Å². The van der Waals surface area contributed by atoms with Gasteiger partial charge in [-0.3, -0.25) is 4.79 Å². The molecule has 0 bridgehead atoms. The Morgan fingerprint density at radius 3 is 2.61 bits per heavy atom. The number of aliphatic carboxylic acids is 1. The molecule has 2 unspecified atom stereocenters. The van der Waals surface area contributed by atoms with E-state index in [4.69, 9.17) is 10.8 Å². The Hall–Kier alpha value is -1.81. The topological polar surface area (TPSA) is 75.3 Å². The van der Waals surface area contributed by atoms with Gasteiger partial charge >= 0.3 is 5.97 Å². The van der Waals surface area contributed by atoms with Crippen LogP contribution in [0.1, 0.15) is 18.9 Å². The van der Waals surface area contributed by atoms with E-state index in [1.165, 1.54) is 0 Å². The number of hydrogen-bond donors (Lipinski definition) is 3. The third kappa shape index (κ3) is 4.59. The summed E-state index contributed by atoms with van der Waals surface area (Å²) in [7, 11) is 0. The summed E-state index contributed by atoms with van der Waals surface area (Å²) in [6.07, 6.45) is 3.11. The zero-order chi connectivity index (χ0) is 13.5. The molecule has 18 heavy (non-hydrogen) atoms. The molecule has 0 aliphatic carbocycles. The van der Waals surface area contributed by atoms with Crippen molar-refractivity contribution >= 4 is 11.7 Å². The van der Waals surface area contributed by atoms with Crippen LogP contribution in [0.4, 0.5) is 5.69 Å². The molecular weight excluding hydrogens is 228 g/mol. The van der Waals surface area contributed by atoms with E-state index in [0.717, 1.165) is 17.7 Å². The van der Waals surface area contributed by atoms with Gasteiger partial charge in [-0.05, 0) is 37.5 Å². The van der Waals surface area contributed by atoms with Gasteiger partial charge in [0.25, 0.3) is 0 Å². The first kappa shape index (κ1) is 14.3. The minimum Gasteiger partial charge on any atom is -0.480 e. The fraction of sp³-hybridized carbons (Fsp3) is 0.357. The standard InChI is InChI=1S/C14H20N2O2/c1-3-4-10(2)16-12-7-5-11(6-8-12)9-13(15)14(17)18/h3,5-8,10,13,16H,1,4,9,15H2,2H3,(H,17,18). The van der Waals surface area contributed by atoms with E-state index in [1.807, 2.05) is 30.3 Å². The van der Waals surface area contributed by atoms with Crippen molar-refractivity contribution in [1.29, 1.82) is 0 Å². The molecule has 0 spiro atoms. The molecule has 0 heterocycles. The van der Waals surface area contributed by atoms with Crippen LogP contribution < -0.4 is 11.1 Å². The second-order valence-electron chi connectivity index (χ2n) is 4.42. The summed E-state index contributed by atoms with van der Waals surface area (Å²) < 4.78 is 0. The first-order chi connectivity index (χ1) is 8.52. The van der Waals surface area contributed by atoms with Crippen molar-refractivity contribution in [2.45, 2.75) is 31.8 Å². The molecule has 0 amide bonds. The van der Waals surface area contributed by atoms with Gasteiger partial charge < -0.3 is 16.2 Å². The van der Waals surface area contributed by atoms with Crippen molar-refractivity contribution in [2.24, 2.45) is 5.73 Å². The summed E-state index contributed by atoms with van der Waals surface area (Å²) in [6, 6.07) is 7.14. The minimum absolute atomic E-state index is 0.328. The van der Waals surface area contributed by atoms with Crippen molar-refractivity contribution in [3.8, 4) is 0 Å². The van der Waals surface area contributed by atoms with E-state index in [0.29, 0.717) is 12.5 Å². The summed E-state index contributed by atoms with van der Waals surface area (Å²) in [5.41, 5.74) is 7.41. The largest absolute Gasteiger partial charge is 0.480 e. The van der Waals surface area contributed by atoms with Crippen molar-refractivity contribution in [2.75, 3.05) is 5.32 Å². The van der Waals surface area contributed by atoms with E-state index in [-0.39, 0.29) is 0 Å². The van der Waals surface area contributed by atoms with E-state index >= 15 is 0 Å². The van der Waals surface area contributed by atoms with Crippen LogP contribution >= 0.6 is 0 Å². The zero-order valence-electron chi connectivity index (χ0n) is 10.6. The summed E-state index contributed by atoms with van der Waals surface area (Å²) in [6.45, 7) is 5.78. The number of nitrogens with two attached hydrogens (primary N) is 1. The molecule has 4 nitrogen and oxygen atoms in total. The number of carbonyl (C=O) groups is 1. The zero-order valence-corrected chi connectivity index (χ0v) is 10.6. The van der Waals surface area contributed by atoms with Crippen LogP contribution in [-0.2, 0) is 11.2 Å². The monoisotopic (exact) mass is 248 g/mol. The van der Waals surface area contributed by atoms with Gasteiger partial charge in [-0.2, -0.15) is 0 Å². The molecule has 4 heteroatoms. The lowest BCUT2D eigenvalue weighted by molar-refractivity contribution is -0.138. The highest BCUT2D eigenvalue weighted by atomic mass is 16.4. The van der Waals surface area contributed by atoms with Crippen LogP contribution in [0.5, 0.6) is 0 Å². The van der Waals surface area contributed by atoms with E-state index < -0.39 is 12.0 Å². The molecule has 0 aliphatic rings. The van der Waals surface area contributed by atoms with E-state index in [1.54, 1.807) is 0 Å². The first-order valence-electron chi connectivity index (χ1n) is 5.97. The molecule has 1 aromatic carbocycles. The number of rotatable bonds is 7. The van der Waals surface area contributed by atoms with Gasteiger partial charge in [0, 0.05) is 11.7 Å². The highest BCUT2D eigenvalue weighted by molar-refractivity contribution is 5.73. The fourth-order valence-electron chi connectivity index (χ4n) is 1.67. The van der Waals surface area contributed by atoms with Crippen LogP contribution in [0, 0.1) is 0 Å². The summed E-state index contributed by atoms with van der Waals surface area (Å²) in [5.74, 6) is -0.975. The summed E-state index contributed by atoms with van der Waals surface area (Å²) in [5, 5.41) is 12.1. The molecule has 0 saturated carbocycles. The number of carboxylic acid groups (broad SMARTS) is 1. The second kappa shape index (κ2) is 6.81. The molecule has 0 aromatic heterocycles. The first-order valence-corrected chi connectivity index (χ1v) is 5.97. The number of hydrogen-bond acceptors (Lipinski definition) is 3. The average Bonchev–Trinajstić information content (AvgIpc) is 2.31. The molecule has 0 saturated heterocycles. The Balaban J connectivity index is 2.57. The van der Waals surface area contributed by atoms with Crippen molar-refractivity contribution in [1.82, 2.24) is 0 Å². The Morgan fingerprint density at radius 2 is 2.11 bits per heavy atom. The maximum absolute atomic E-state index is 10.6. The lowest BCUT2D eigenvalue weighted by Gasteiger charge is -2.14. The molecule has 0 radical (unpaired) electrons. The highest BCUT2D eigenvalue weighted by Crippen LogP contribution is 2.13. The highest BCUT2D eigenvalue weighted by Gasteiger charge is 2.11. The van der Waals surface area contributed by atoms with Crippen LogP contribution in [-0.4, -0.2) is 23.2 Å². The van der Waals surface area contributed by atoms with Crippen molar-refractivity contribution < 1.29 is 9.90 Å². The summed E-state index contributed by atoms with van der Waals surface area (Å²) in [4.78, 5) is 10.6. The van der Waals surface area contributed by atoms with Crippen molar-refractivity contribution in [3.63, 3.8) is 0 Å². The van der Waals surface area contributed by atoms with Gasteiger partial charge in [0.1, 0.15) is 6.04 Å². The number of nitrogens with one attached hydrogen (secondary N) is 1.